The monoisotopic (exact) mass is 300 g/mol. The number of hydrogen-bond acceptors (Lipinski definition) is 3. The first kappa shape index (κ1) is 13.1. The second-order valence-electron chi connectivity index (χ2n) is 5.27. The van der Waals surface area contributed by atoms with E-state index in [0.29, 0.717) is 17.3 Å². The highest BCUT2D eigenvalue weighted by Gasteiger charge is 2.44. The van der Waals surface area contributed by atoms with Gasteiger partial charge in [-0.1, -0.05) is 6.92 Å². The molecule has 1 N–H and O–H groups in total. The van der Waals surface area contributed by atoms with E-state index in [2.05, 4.69) is 17.1 Å². The van der Waals surface area contributed by atoms with Crippen LogP contribution in [0, 0.1) is 10.7 Å². The Bertz CT molecular complexity index is 554. The van der Waals surface area contributed by atoms with Gasteiger partial charge in [-0.25, -0.2) is 5.10 Å². The van der Waals surface area contributed by atoms with Crippen LogP contribution in [-0.2, 0) is 4.79 Å². The van der Waals surface area contributed by atoms with Gasteiger partial charge in [-0.05, 0) is 37.9 Å². The number of nitrogens with one attached hydrogen (secondary N) is 1. The van der Waals surface area contributed by atoms with E-state index in [1.54, 1.807) is 4.90 Å². The van der Waals surface area contributed by atoms with Crippen molar-refractivity contribution >= 4 is 35.7 Å². The van der Waals surface area contributed by atoms with E-state index >= 15 is 0 Å². The predicted octanol–water partition coefficient (Wildman–Crippen LogP) is 2.65. The highest BCUT2D eigenvalue weighted by Crippen LogP contribution is 2.42. The van der Waals surface area contributed by atoms with Crippen LogP contribution < -0.4 is 4.90 Å². The van der Waals surface area contributed by atoms with E-state index in [0.717, 1.165) is 25.7 Å². The Hall–Kier alpha value is -0.880. The first-order chi connectivity index (χ1) is 9.13. The summed E-state index contributed by atoms with van der Waals surface area (Å²) in [5.74, 6) is 0.768. The summed E-state index contributed by atoms with van der Waals surface area (Å²) in [6.07, 6.45) is 3.45. The highest BCUT2D eigenvalue weighted by molar-refractivity contribution is 7.71. The minimum absolute atomic E-state index is 0.0559. The number of aromatic nitrogens is 3. The van der Waals surface area contributed by atoms with Crippen molar-refractivity contribution in [2.75, 3.05) is 11.4 Å². The fraction of sp³-hybridized carbons (Fsp3) is 0.750. The molecule has 2 heterocycles. The summed E-state index contributed by atoms with van der Waals surface area (Å²) < 4.78 is 2.62. The van der Waals surface area contributed by atoms with Crippen molar-refractivity contribution in [1.29, 1.82) is 0 Å². The molecular formula is C12H17ClN4OS. The third-order valence-electron chi connectivity index (χ3n) is 4.04. The number of rotatable bonds is 2. The molecule has 7 heteroatoms. The molecule has 1 aromatic rings. The lowest BCUT2D eigenvalue weighted by atomic mass is 9.82. The molecule has 1 aromatic heterocycles. The van der Waals surface area contributed by atoms with Gasteiger partial charge in [0.15, 0.2) is 4.77 Å². The van der Waals surface area contributed by atoms with Gasteiger partial charge >= 0.3 is 0 Å². The number of carbonyl (C=O) groups excluding carboxylic acids is 1. The van der Waals surface area contributed by atoms with Crippen LogP contribution >= 0.6 is 23.8 Å². The van der Waals surface area contributed by atoms with Crippen LogP contribution in [0.5, 0.6) is 0 Å². The molecule has 1 saturated carbocycles. The number of anilines is 1. The van der Waals surface area contributed by atoms with Gasteiger partial charge in [-0.15, -0.1) is 16.7 Å². The van der Waals surface area contributed by atoms with Crippen molar-refractivity contribution in [3.63, 3.8) is 0 Å². The van der Waals surface area contributed by atoms with Crippen LogP contribution in [0.2, 0.25) is 0 Å². The summed E-state index contributed by atoms with van der Waals surface area (Å²) in [6.45, 7) is 2.73. The summed E-state index contributed by atoms with van der Waals surface area (Å²) in [6, 6.07) is 0.122. The fourth-order valence-electron chi connectivity index (χ4n) is 3.20. The normalized spacial score (nSPS) is 30.1. The lowest BCUT2D eigenvalue weighted by Gasteiger charge is -2.41. The second-order valence-corrected chi connectivity index (χ2v) is 6.28. The lowest BCUT2D eigenvalue weighted by molar-refractivity contribution is -0.126. The molecule has 3 rings (SSSR count). The molecule has 3 atom stereocenters. The standard InChI is InChI=1S/C12H17ClN4OS/c1-2-5-16-10(18)8-6-7(13)3-4-9(8)17-11(16)14-15-12(17)19/h7-9H,2-6H2,1H3,(H,15,19). The van der Waals surface area contributed by atoms with Crippen molar-refractivity contribution in [2.45, 2.75) is 44.0 Å². The van der Waals surface area contributed by atoms with Gasteiger partial charge in [0, 0.05) is 11.9 Å². The topological polar surface area (TPSA) is 53.9 Å². The van der Waals surface area contributed by atoms with Crippen LogP contribution in [0.25, 0.3) is 0 Å². The van der Waals surface area contributed by atoms with Gasteiger partial charge in [-0.2, -0.15) is 0 Å². The quantitative estimate of drug-likeness (QED) is 0.675. The maximum Gasteiger partial charge on any atom is 0.234 e. The molecule has 3 unspecified atom stereocenters. The average molecular weight is 301 g/mol. The minimum Gasteiger partial charge on any atom is -0.282 e. The van der Waals surface area contributed by atoms with Gasteiger partial charge in [-0.3, -0.25) is 14.3 Å². The van der Waals surface area contributed by atoms with Gasteiger partial charge < -0.3 is 0 Å². The number of amides is 1. The molecule has 0 saturated heterocycles. The Balaban J connectivity index is 2.07. The van der Waals surface area contributed by atoms with Gasteiger partial charge in [0.1, 0.15) is 0 Å². The third-order valence-corrected chi connectivity index (χ3v) is 4.72. The lowest BCUT2D eigenvalue weighted by Crippen LogP contribution is -2.49. The zero-order valence-electron chi connectivity index (χ0n) is 10.8. The largest absolute Gasteiger partial charge is 0.282 e. The number of aromatic amines is 1. The number of H-pyrrole nitrogens is 1. The Morgan fingerprint density at radius 2 is 2.32 bits per heavy atom. The van der Waals surface area contributed by atoms with Crippen LogP contribution in [0.3, 0.4) is 0 Å². The van der Waals surface area contributed by atoms with E-state index in [1.807, 2.05) is 4.57 Å². The van der Waals surface area contributed by atoms with E-state index in [-0.39, 0.29) is 23.2 Å². The van der Waals surface area contributed by atoms with Crippen molar-refractivity contribution < 1.29 is 4.79 Å². The number of carbonyl (C=O) groups is 1. The molecule has 104 valence electrons. The van der Waals surface area contributed by atoms with E-state index in [4.69, 9.17) is 23.8 Å². The molecule has 5 nitrogen and oxygen atoms in total. The summed E-state index contributed by atoms with van der Waals surface area (Å²) in [5.41, 5.74) is 0. The first-order valence-electron chi connectivity index (χ1n) is 6.75. The summed E-state index contributed by atoms with van der Waals surface area (Å²) in [5, 5.41) is 7.15. The molecule has 19 heavy (non-hydrogen) atoms. The van der Waals surface area contributed by atoms with Crippen molar-refractivity contribution in [3.8, 4) is 0 Å². The van der Waals surface area contributed by atoms with Crippen LogP contribution in [0.1, 0.15) is 38.6 Å². The first-order valence-corrected chi connectivity index (χ1v) is 7.60. The van der Waals surface area contributed by atoms with Gasteiger partial charge in [0.2, 0.25) is 11.9 Å². The number of alkyl halides is 1. The second kappa shape index (κ2) is 4.90. The Labute approximate surface area is 121 Å². The Morgan fingerprint density at radius 3 is 3.05 bits per heavy atom. The number of nitrogens with zero attached hydrogens (tertiary/aromatic N) is 3. The summed E-state index contributed by atoms with van der Waals surface area (Å²) >= 11 is 11.6. The molecule has 0 spiro atoms. The predicted molar refractivity (Wildman–Crippen MR) is 76.1 cm³/mol. The van der Waals surface area contributed by atoms with Gasteiger partial charge in [0.05, 0.1) is 12.0 Å². The van der Waals surface area contributed by atoms with Crippen LogP contribution in [0.15, 0.2) is 0 Å². The number of hydrogen-bond donors (Lipinski definition) is 1. The maximum absolute atomic E-state index is 12.6. The zero-order valence-corrected chi connectivity index (χ0v) is 12.4. The molecule has 0 radical (unpaired) electrons. The van der Waals surface area contributed by atoms with Crippen LogP contribution in [0.4, 0.5) is 5.95 Å². The van der Waals surface area contributed by atoms with Crippen molar-refractivity contribution in [1.82, 2.24) is 14.8 Å². The molecule has 1 aliphatic carbocycles. The number of halogens is 1. The van der Waals surface area contributed by atoms with E-state index in [9.17, 15) is 4.79 Å². The molecular weight excluding hydrogens is 284 g/mol. The minimum atomic E-state index is -0.0559. The maximum atomic E-state index is 12.6. The van der Waals surface area contributed by atoms with Crippen LogP contribution in [-0.4, -0.2) is 32.6 Å². The molecule has 0 bridgehead atoms. The van der Waals surface area contributed by atoms with Gasteiger partial charge in [0.25, 0.3) is 0 Å². The van der Waals surface area contributed by atoms with Crippen molar-refractivity contribution in [2.24, 2.45) is 5.92 Å². The SMILES string of the molecule is CCCN1C(=O)C2CC(Cl)CCC2n2c1n[nH]c2=S. The van der Waals surface area contributed by atoms with E-state index < -0.39 is 0 Å². The average Bonchev–Trinajstić information content (AvgIpc) is 2.77. The molecule has 1 fully saturated rings. The molecule has 1 amide bonds. The molecule has 0 aromatic carbocycles. The van der Waals surface area contributed by atoms with Crippen molar-refractivity contribution in [3.05, 3.63) is 4.77 Å². The summed E-state index contributed by atoms with van der Waals surface area (Å²) in [7, 11) is 0. The summed E-state index contributed by atoms with van der Waals surface area (Å²) in [4.78, 5) is 14.4. The molecule has 2 aliphatic rings. The highest BCUT2D eigenvalue weighted by atomic mass is 35.5. The molecule has 1 aliphatic heterocycles. The fourth-order valence-corrected chi connectivity index (χ4v) is 3.78. The Morgan fingerprint density at radius 1 is 1.53 bits per heavy atom. The zero-order chi connectivity index (χ0) is 13.6. The smallest absolute Gasteiger partial charge is 0.234 e. The third kappa shape index (κ3) is 2.01. The number of fused-ring (bicyclic) bond motifs is 3. The van der Waals surface area contributed by atoms with E-state index in [1.165, 1.54) is 0 Å². The Kier molecular flexibility index (Phi) is 3.39.